The molecule has 2 heterocycles. The molecule has 0 saturated carbocycles. The first-order valence-electron chi connectivity index (χ1n) is 13.5. The van der Waals surface area contributed by atoms with Gasteiger partial charge in [-0.2, -0.15) is 5.10 Å². The second kappa shape index (κ2) is 12.5. The molecule has 4 aromatic rings. The van der Waals surface area contributed by atoms with Gasteiger partial charge in [-0.05, 0) is 36.7 Å². The fourth-order valence-corrected chi connectivity index (χ4v) is 5.50. The van der Waals surface area contributed by atoms with Gasteiger partial charge in [-0.1, -0.05) is 69.4 Å². The van der Waals surface area contributed by atoms with E-state index in [1.165, 1.54) is 6.07 Å². The normalized spacial score (nSPS) is 12.5. The van der Waals surface area contributed by atoms with Gasteiger partial charge in [0.25, 0.3) is 0 Å². The molecule has 0 saturated heterocycles. The second-order valence-corrected chi connectivity index (χ2v) is 16.8. The van der Waals surface area contributed by atoms with E-state index >= 15 is 0 Å². The summed E-state index contributed by atoms with van der Waals surface area (Å²) >= 11 is 0. The van der Waals surface area contributed by atoms with Gasteiger partial charge in [0.1, 0.15) is 6.73 Å². The monoisotopic (exact) mass is 543 g/mol. The average molecular weight is 544 g/mol. The van der Waals surface area contributed by atoms with Crippen molar-refractivity contribution in [1.82, 2.24) is 14.8 Å². The van der Waals surface area contributed by atoms with Gasteiger partial charge < -0.3 is 9.84 Å². The predicted molar refractivity (Wildman–Crippen MR) is 156 cm³/mol. The number of aromatic nitrogens is 3. The van der Waals surface area contributed by atoms with Crippen molar-refractivity contribution in [1.29, 1.82) is 0 Å². The second-order valence-electron chi connectivity index (χ2n) is 11.2. The Balaban J connectivity index is 1.71. The van der Waals surface area contributed by atoms with Crippen LogP contribution in [0.25, 0.3) is 10.9 Å². The van der Waals surface area contributed by atoms with Crippen LogP contribution < -0.4 is 0 Å². The SMILES string of the molecule is CCCC(Cc1nn(COCC[Si](C)(C)C)c2cc(C(=O)c3ccccc3C(=O)O)ccc12)c1ccccn1. The highest BCUT2D eigenvalue weighted by atomic mass is 28.3. The molecule has 0 spiro atoms. The van der Waals surface area contributed by atoms with Crippen LogP contribution in [0.4, 0.5) is 0 Å². The molecule has 8 heteroatoms. The van der Waals surface area contributed by atoms with Gasteiger partial charge in [0.2, 0.25) is 0 Å². The molecule has 2 aromatic carbocycles. The fourth-order valence-electron chi connectivity index (χ4n) is 4.74. The van der Waals surface area contributed by atoms with E-state index in [4.69, 9.17) is 9.84 Å². The van der Waals surface area contributed by atoms with Crippen molar-refractivity contribution in [3.05, 3.63) is 94.9 Å². The highest BCUT2D eigenvalue weighted by Crippen LogP contribution is 2.29. The van der Waals surface area contributed by atoms with E-state index in [-0.39, 0.29) is 29.6 Å². The zero-order valence-electron chi connectivity index (χ0n) is 23.2. The summed E-state index contributed by atoms with van der Waals surface area (Å²) in [6.07, 6.45) is 4.56. The molecule has 0 aliphatic heterocycles. The number of pyridine rings is 1. The van der Waals surface area contributed by atoms with Crippen LogP contribution >= 0.6 is 0 Å². The topological polar surface area (TPSA) is 94.3 Å². The summed E-state index contributed by atoms with van der Waals surface area (Å²) < 4.78 is 7.88. The molecule has 0 bridgehead atoms. The van der Waals surface area contributed by atoms with Crippen molar-refractivity contribution in [2.24, 2.45) is 0 Å². The minimum absolute atomic E-state index is 0.00996. The van der Waals surface area contributed by atoms with Crippen LogP contribution in [0.1, 0.15) is 63.4 Å². The molecule has 0 radical (unpaired) electrons. The molecular weight excluding hydrogens is 506 g/mol. The van der Waals surface area contributed by atoms with Gasteiger partial charge in [0.15, 0.2) is 5.78 Å². The number of hydrogen-bond donors (Lipinski definition) is 1. The first-order chi connectivity index (χ1) is 18.7. The van der Waals surface area contributed by atoms with Gasteiger partial charge in [0, 0.05) is 55.4 Å². The molecule has 1 unspecified atom stereocenters. The lowest BCUT2D eigenvalue weighted by molar-refractivity contribution is 0.0692. The van der Waals surface area contributed by atoms with Gasteiger partial charge in [0.05, 0.1) is 16.8 Å². The Morgan fingerprint density at radius 3 is 2.44 bits per heavy atom. The Hall–Kier alpha value is -3.62. The lowest BCUT2D eigenvalue weighted by Gasteiger charge is -2.15. The van der Waals surface area contributed by atoms with Crippen molar-refractivity contribution < 1.29 is 19.4 Å². The van der Waals surface area contributed by atoms with Crippen LogP contribution in [-0.4, -0.2) is 46.3 Å². The van der Waals surface area contributed by atoms with E-state index < -0.39 is 14.0 Å². The maximum atomic E-state index is 13.4. The van der Waals surface area contributed by atoms with Crippen LogP contribution in [0.3, 0.4) is 0 Å². The molecule has 4 rings (SSSR count). The number of aromatic carboxylic acids is 1. The first-order valence-corrected chi connectivity index (χ1v) is 17.2. The van der Waals surface area contributed by atoms with Crippen molar-refractivity contribution in [2.75, 3.05) is 6.61 Å². The molecule has 1 atom stereocenters. The number of hydrogen-bond acceptors (Lipinski definition) is 5. The number of benzene rings is 2. The Bertz CT molecular complexity index is 1440. The molecule has 39 heavy (non-hydrogen) atoms. The maximum absolute atomic E-state index is 13.4. The largest absolute Gasteiger partial charge is 0.478 e. The maximum Gasteiger partial charge on any atom is 0.336 e. The Kier molecular flexibility index (Phi) is 9.09. The summed E-state index contributed by atoms with van der Waals surface area (Å²) in [5.41, 5.74) is 3.36. The lowest BCUT2D eigenvalue weighted by Crippen LogP contribution is -2.22. The van der Waals surface area contributed by atoms with Crippen LogP contribution in [0.15, 0.2) is 66.9 Å². The molecular formula is C31H37N3O4Si. The first kappa shape index (κ1) is 28.4. The van der Waals surface area contributed by atoms with Crippen LogP contribution in [0.2, 0.25) is 25.7 Å². The van der Waals surface area contributed by atoms with Crippen LogP contribution in [0, 0.1) is 0 Å². The third kappa shape index (κ3) is 7.07. The van der Waals surface area contributed by atoms with Crippen molar-refractivity contribution >= 4 is 30.7 Å². The minimum atomic E-state index is -1.24. The number of fused-ring (bicyclic) bond motifs is 1. The van der Waals surface area contributed by atoms with Gasteiger partial charge in [-0.25, -0.2) is 9.48 Å². The number of carboxylic acid groups (broad SMARTS) is 1. The third-order valence-electron chi connectivity index (χ3n) is 6.89. The highest BCUT2D eigenvalue weighted by Gasteiger charge is 2.22. The Morgan fingerprint density at radius 1 is 1.03 bits per heavy atom. The average Bonchev–Trinajstić information content (AvgIpc) is 3.26. The minimum Gasteiger partial charge on any atom is -0.478 e. The number of rotatable bonds is 13. The Labute approximate surface area is 230 Å². The van der Waals surface area contributed by atoms with Crippen LogP contribution in [-0.2, 0) is 17.9 Å². The van der Waals surface area contributed by atoms with Gasteiger partial charge in [-0.15, -0.1) is 0 Å². The standard InChI is InChI=1S/C31H37N3O4Si/c1-5-10-22(27-13-8-9-16-32-27)19-28-26-15-14-23(30(35)24-11-6-7-12-25(24)31(36)37)20-29(26)34(33-28)21-38-17-18-39(2,3)4/h6-9,11-16,20,22H,5,10,17-19,21H2,1-4H3,(H,36,37). The van der Waals surface area contributed by atoms with Crippen molar-refractivity contribution in [2.45, 2.75) is 64.5 Å². The number of ether oxygens (including phenoxy) is 1. The molecule has 0 amide bonds. The molecule has 0 fully saturated rings. The number of carboxylic acids is 1. The number of carbonyl (C=O) groups is 2. The number of carbonyl (C=O) groups excluding carboxylic acids is 1. The zero-order valence-corrected chi connectivity index (χ0v) is 24.2. The molecule has 1 N–H and O–H groups in total. The van der Waals surface area contributed by atoms with E-state index in [0.29, 0.717) is 12.2 Å². The lowest BCUT2D eigenvalue weighted by atomic mass is 9.92. The smallest absolute Gasteiger partial charge is 0.336 e. The number of nitrogens with zero attached hydrogens (tertiary/aromatic N) is 3. The Morgan fingerprint density at radius 2 is 1.77 bits per heavy atom. The van der Waals surface area contributed by atoms with Crippen molar-refractivity contribution in [3.8, 4) is 0 Å². The predicted octanol–water partition coefficient (Wildman–Crippen LogP) is 6.80. The summed E-state index contributed by atoms with van der Waals surface area (Å²) in [5.74, 6) is -1.24. The van der Waals surface area contributed by atoms with Crippen LogP contribution in [0.5, 0.6) is 0 Å². The highest BCUT2D eigenvalue weighted by molar-refractivity contribution is 6.76. The van der Waals surface area contributed by atoms with Gasteiger partial charge >= 0.3 is 5.97 Å². The van der Waals surface area contributed by atoms with Gasteiger partial charge in [-0.3, -0.25) is 9.78 Å². The molecule has 0 aliphatic carbocycles. The zero-order chi connectivity index (χ0) is 28.0. The van der Waals surface area contributed by atoms with E-state index in [1.807, 2.05) is 35.1 Å². The summed E-state index contributed by atoms with van der Waals surface area (Å²) in [4.78, 5) is 29.8. The molecule has 7 nitrogen and oxygen atoms in total. The van der Waals surface area contributed by atoms with E-state index in [9.17, 15) is 14.7 Å². The van der Waals surface area contributed by atoms with E-state index in [0.717, 1.165) is 47.6 Å². The van der Waals surface area contributed by atoms with E-state index in [2.05, 4.69) is 37.6 Å². The summed E-state index contributed by atoms with van der Waals surface area (Å²) in [7, 11) is -1.24. The van der Waals surface area contributed by atoms with Crippen molar-refractivity contribution in [3.63, 3.8) is 0 Å². The quantitative estimate of drug-likeness (QED) is 0.113. The fraction of sp³-hybridized carbons (Fsp3) is 0.355. The molecule has 204 valence electrons. The molecule has 0 aliphatic rings. The summed E-state index contributed by atoms with van der Waals surface area (Å²) in [6.45, 7) is 10.1. The molecule has 2 aromatic heterocycles. The third-order valence-corrected chi connectivity index (χ3v) is 8.59. The summed E-state index contributed by atoms with van der Waals surface area (Å²) in [5, 5.41) is 15.5. The van der Waals surface area contributed by atoms with E-state index in [1.54, 1.807) is 24.3 Å². The number of ketones is 1. The summed E-state index contributed by atoms with van der Waals surface area (Å²) in [6, 6.07) is 18.9.